The summed E-state index contributed by atoms with van der Waals surface area (Å²) in [5, 5.41) is 2.77. The van der Waals surface area contributed by atoms with E-state index in [2.05, 4.69) is 19.2 Å². The summed E-state index contributed by atoms with van der Waals surface area (Å²) in [7, 11) is 0. The number of rotatable bonds is 7. The van der Waals surface area contributed by atoms with Gasteiger partial charge in [-0.25, -0.2) is 0 Å². The summed E-state index contributed by atoms with van der Waals surface area (Å²) in [5.41, 5.74) is 2.76. The van der Waals surface area contributed by atoms with Gasteiger partial charge in [-0.2, -0.15) is 0 Å². The second kappa shape index (κ2) is 9.02. The first kappa shape index (κ1) is 18.7. The Hall–Kier alpha value is -2.62. The van der Waals surface area contributed by atoms with E-state index in [1.165, 1.54) is 0 Å². The van der Waals surface area contributed by atoms with Gasteiger partial charge < -0.3 is 10.1 Å². The van der Waals surface area contributed by atoms with Crippen molar-refractivity contribution in [1.82, 2.24) is 0 Å². The van der Waals surface area contributed by atoms with Crippen molar-refractivity contribution in [3.63, 3.8) is 0 Å². The molecule has 0 aliphatic carbocycles. The van der Waals surface area contributed by atoms with Crippen LogP contribution in [0.3, 0.4) is 0 Å². The smallest absolute Gasteiger partial charge is 0.313 e. The third kappa shape index (κ3) is 5.45. The first-order chi connectivity index (χ1) is 12.0. The summed E-state index contributed by atoms with van der Waals surface area (Å²) < 4.78 is 5.21. The Bertz CT molecular complexity index is 710. The molecule has 0 unspecified atom stereocenters. The average Bonchev–Trinajstić information content (AvgIpc) is 2.62. The largest absolute Gasteiger partial charge is 0.455 e. The second-order valence-corrected chi connectivity index (χ2v) is 6.31. The van der Waals surface area contributed by atoms with Crippen LogP contribution in [0.4, 0.5) is 5.69 Å². The molecule has 4 nitrogen and oxygen atoms in total. The fourth-order valence-electron chi connectivity index (χ4n) is 2.63. The minimum Gasteiger partial charge on any atom is -0.455 e. The predicted molar refractivity (Wildman–Crippen MR) is 99.6 cm³/mol. The third-order valence-electron chi connectivity index (χ3n) is 4.08. The fraction of sp³-hybridized carbons (Fsp3) is 0.333. The van der Waals surface area contributed by atoms with Gasteiger partial charge in [-0.3, -0.25) is 9.59 Å². The summed E-state index contributed by atoms with van der Waals surface area (Å²) in [4.78, 5) is 24.3. The molecule has 1 N–H and O–H groups in total. The molecule has 0 bridgehead atoms. The highest BCUT2D eigenvalue weighted by Gasteiger charge is 2.21. The van der Waals surface area contributed by atoms with Gasteiger partial charge >= 0.3 is 5.97 Å². The fourth-order valence-corrected chi connectivity index (χ4v) is 2.63. The van der Waals surface area contributed by atoms with E-state index in [9.17, 15) is 9.59 Å². The molecule has 0 saturated carbocycles. The molecule has 4 heteroatoms. The van der Waals surface area contributed by atoms with Crippen molar-refractivity contribution >= 4 is 17.6 Å². The van der Waals surface area contributed by atoms with Crippen LogP contribution in [0.1, 0.15) is 50.2 Å². The zero-order valence-corrected chi connectivity index (χ0v) is 15.0. The van der Waals surface area contributed by atoms with Gasteiger partial charge in [0.05, 0.1) is 5.92 Å². The number of ether oxygens (including phenoxy) is 1. The van der Waals surface area contributed by atoms with Crippen molar-refractivity contribution in [1.29, 1.82) is 0 Å². The van der Waals surface area contributed by atoms with Crippen LogP contribution in [0.2, 0.25) is 0 Å². The van der Waals surface area contributed by atoms with Gasteiger partial charge in [-0.15, -0.1) is 0 Å². The van der Waals surface area contributed by atoms with E-state index in [4.69, 9.17) is 4.74 Å². The van der Waals surface area contributed by atoms with Crippen molar-refractivity contribution in [3.05, 3.63) is 65.7 Å². The van der Waals surface area contributed by atoms with E-state index in [-0.39, 0.29) is 24.4 Å². The number of hydrogen-bond donors (Lipinski definition) is 1. The Morgan fingerprint density at radius 2 is 1.68 bits per heavy atom. The number of carbonyl (C=O) groups is 2. The topological polar surface area (TPSA) is 55.4 Å². The van der Waals surface area contributed by atoms with Crippen LogP contribution in [0, 0.1) is 0 Å². The second-order valence-electron chi connectivity index (χ2n) is 6.31. The van der Waals surface area contributed by atoms with Gasteiger partial charge in [0.25, 0.3) is 5.91 Å². The van der Waals surface area contributed by atoms with Gasteiger partial charge in [0.15, 0.2) is 6.61 Å². The summed E-state index contributed by atoms with van der Waals surface area (Å²) in [5.74, 6) is -0.680. The van der Waals surface area contributed by atoms with Crippen molar-refractivity contribution in [2.24, 2.45) is 0 Å². The molecule has 1 amide bonds. The van der Waals surface area contributed by atoms with Crippen molar-refractivity contribution in [3.8, 4) is 0 Å². The SMILES string of the molecule is CC[C@H](C(=O)OCC(=O)Nc1cccc(C(C)C)c1)c1ccccc1. The maximum absolute atomic E-state index is 12.3. The number of hydrogen-bond acceptors (Lipinski definition) is 3. The number of carbonyl (C=O) groups excluding carboxylic acids is 2. The lowest BCUT2D eigenvalue weighted by molar-refractivity contribution is -0.149. The van der Waals surface area contributed by atoms with Crippen LogP contribution >= 0.6 is 0 Å². The summed E-state index contributed by atoms with van der Waals surface area (Å²) >= 11 is 0. The number of benzene rings is 2. The van der Waals surface area contributed by atoms with Crippen LogP contribution in [0.15, 0.2) is 54.6 Å². The van der Waals surface area contributed by atoms with E-state index in [0.29, 0.717) is 18.0 Å². The molecule has 0 aliphatic heterocycles. The summed E-state index contributed by atoms with van der Waals surface area (Å²) in [6, 6.07) is 17.2. The number of amides is 1. The molecule has 2 rings (SSSR count). The standard InChI is InChI=1S/C21H25NO3/c1-4-19(16-9-6-5-7-10-16)21(24)25-14-20(23)22-18-12-8-11-17(13-18)15(2)3/h5-13,15,19H,4,14H2,1-3H3,(H,22,23)/t19-/m0/s1. The molecule has 2 aromatic rings. The summed E-state index contributed by atoms with van der Waals surface area (Å²) in [6.45, 7) is 5.83. The lowest BCUT2D eigenvalue weighted by atomic mass is 9.97. The highest BCUT2D eigenvalue weighted by atomic mass is 16.5. The third-order valence-corrected chi connectivity index (χ3v) is 4.08. The van der Waals surface area contributed by atoms with Gasteiger partial charge in [-0.05, 0) is 35.6 Å². The molecule has 25 heavy (non-hydrogen) atoms. The minimum atomic E-state index is -0.375. The zero-order valence-electron chi connectivity index (χ0n) is 15.0. The van der Waals surface area contributed by atoms with E-state index >= 15 is 0 Å². The first-order valence-electron chi connectivity index (χ1n) is 8.62. The average molecular weight is 339 g/mol. The van der Waals surface area contributed by atoms with E-state index in [0.717, 1.165) is 11.1 Å². The quantitative estimate of drug-likeness (QED) is 0.756. The highest BCUT2D eigenvalue weighted by Crippen LogP contribution is 2.21. The van der Waals surface area contributed by atoms with Crippen molar-refractivity contribution < 1.29 is 14.3 Å². The number of nitrogens with one attached hydrogen (secondary N) is 1. The predicted octanol–water partition coefficient (Wildman–Crippen LogP) is 4.49. The van der Waals surface area contributed by atoms with Crippen molar-refractivity contribution in [2.75, 3.05) is 11.9 Å². The Labute approximate surface area is 149 Å². The number of anilines is 1. The Morgan fingerprint density at radius 3 is 2.32 bits per heavy atom. The van der Waals surface area contributed by atoms with Gasteiger partial charge in [-0.1, -0.05) is 63.2 Å². The molecule has 0 aromatic heterocycles. The molecule has 1 atom stereocenters. The Balaban J connectivity index is 1.91. The van der Waals surface area contributed by atoms with E-state index < -0.39 is 0 Å². The zero-order chi connectivity index (χ0) is 18.2. The molecule has 0 heterocycles. The molecule has 0 spiro atoms. The van der Waals surface area contributed by atoms with Gasteiger partial charge in [0, 0.05) is 5.69 Å². The molecule has 0 fully saturated rings. The summed E-state index contributed by atoms with van der Waals surface area (Å²) in [6.07, 6.45) is 0.626. The lowest BCUT2D eigenvalue weighted by Gasteiger charge is -2.14. The van der Waals surface area contributed by atoms with Gasteiger partial charge in [0.2, 0.25) is 0 Å². The Kier molecular flexibility index (Phi) is 6.75. The van der Waals surface area contributed by atoms with Crippen LogP contribution < -0.4 is 5.32 Å². The van der Waals surface area contributed by atoms with Crippen molar-refractivity contribution in [2.45, 2.75) is 39.0 Å². The molecule has 0 radical (unpaired) electrons. The van der Waals surface area contributed by atoms with Crippen LogP contribution in [0.25, 0.3) is 0 Å². The van der Waals surface area contributed by atoms with E-state index in [1.54, 1.807) is 0 Å². The molecule has 0 aliphatic rings. The maximum atomic E-state index is 12.3. The van der Waals surface area contributed by atoms with E-state index in [1.807, 2.05) is 61.5 Å². The minimum absolute atomic E-state index is 0.284. The molecule has 2 aromatic carbocycles. The molecular formula is C21H25NO3. The van der Waals surface area contributed by atoms with Crippen LogP contribution in [-0.4, -0.2) is 18.5 Å². The van der Waals surface area contributed by atoms with Crippen LogP contribution in [-0.2, 0) is 14.3 Å². The molecular weight excluding hydrogens is 314 g/mol. The van der Waals surface area contributed by atoms with Gasteiger partial charge in [0.1, 0.15) is 0 Å². The first-order valence-corrected chi connectivity index (χ1v) is 8.62. The normalized spacial score (nSPS) is 11.8. The van der Waals surface area contributed by atoms with Crippen LogP contribution in [0.5, 0.6) is 0 Å². The molecule has 132 valence electrons. The molecule has 0 saturated heterocycles. The lowest BCUT2D eigenvalue weighted by Crippen LogP contribution is -2.24. The highest BCUT2D eigenvalue weighted by molar-refractivity contribution is 5.93. The Morgan fingerprint density at radius 1 is 1.00 bits per heavy atom. The maximum Gasteiger partial charge on any atom is 0.313 e. The number of esters is 1. The monoisotopic (exact) mass is 339 g/mol.